The van der Waals surface area contributed by atoms with Crippen molar-refractivity contribution in [3.05, 3.63) is 0 Å². The zero-order valence-corrected chi connectivity index (χ0v) is 13.9. The maximum absolute atomic E-state index is 4.48. The fraction of sp³-hybridized carbons (Fsp3) is 0.800. The number of nitrogens with zero attached hydrogens (tertiary/aromatic N) is 4. The highest BCUT2D eigenvalue weighted by Crippen LogP contribution is 2.51. The first-order valence-electron chi connectivity index (χ1n) is 7.88. The van der Waals surface area contributed by atoms with Crippen LogP contribution in [0.2, 0.25) is 0 Å². The van der Waals surface area contributed by atoms with Gasteiger partial charge in [0.2, 0.25) is 17.8 Å². The number of nitrogens with one attached hydrogen (secondary N) is 2. The maximum Gasteiger partial charge on any atom is 0.231 e. The van der Waals surface area contributed by atoms with Crippen LogP contribution >= 0.6 is 0 Å². The molecule has 1 aliphatic rings. The molecule has 1 saturated carbocycles. The van der Waals surface area contributed by atoms with Crippen LogP contribution in [0.1, 0.15) is 40.0 Å². The van der Waals surface area contributed by atoms with E-state index >= 15 is 0 Å². The highest BCUT2D eigenvalue weighted by molar-refractivity contribution is 5.43. The summed E-state index contributed by atoms with van der Waals surface area (Å²) in [6.45, 7) is 8.52. The SMILES string of the molecule is CCCNc1nc(NCC2(C(C)C)CC2)nc(N(C)C)n1. The van der Waals surface area contributed by atoms with Gasteiger partial charge in [-0.25, -0.2) is 0 Å². The number of rotatable bonds is 8. The van der Waals surface area contributed by atoms with Gasteiger partial charge in [-0.3, -0.25) is 0 Å². The van der Waals surface area contributed by atoms with E-state index in [0.29, 0.717) is 29.2 Å². The zero-order valence-electron chi connectivity index (χ0n) is 13.9. The van der Waals surface area contributed by atoms with E-state index in [0.717, 1.165) is 19.5 Å². The van der Waals surface area contributed by atoms with Crippen molar-refractivity contribution in [3.8, 4) is 0 Å². The second-order valence-corrected chi connectivity index (χ2v) is 6.47. The number of hydrogen-bond acceptors (Lipinski definition) is 6. The van der Waals surface area contributed by atoms with E-state index in [1.165, 1.54) is 12.8 Å². The number of hydrogen-bond donors (Lipinski definition) is 2. The van der Waals surface area contributed by atoms with Gasteiger partial charge in [-0.15, -0.1) is 0 Å². The average Bonchev–Trinajstić information content (AvgIpc) is 3.24. The van der Waals surface area contributed by atoms with E-state index in [2.05, 4.69) is 46.4 Å². The summed E-state index contributed by atoms with van der Waals surface area (Å²) >= 11 is 0. The monoisotopic (exact) mass is 292 g/mol. The summed E-state index contributed by atoms with van der Waals surface area (Å²) in [4.78, 5) is 15.3. The third-order valence-electron chi connectivity index (χ3n) is 4.27. The van der Waals surface area contributed by atoms with E-state index in [4.69, 9.17) is 0 Å². The predicted molar refractivity (Wildman–Crippen MR) is 87.9 cm³/mol. The van der Waals surface area contributed by atoms with Crippen molar-refractivity contribution in [2.75, 3.05) is 42.7 Å². The van der Waals surface area contributed by atoms with Crippen LogP contribution in [0.5, 0.6) is 0 Å². The molecule has 21 heavy (non-hydrogen) atoms. The molecule has 0 radical (unpaired) electrons. The van der Waals surface area contributed by atoms with Crippen molar-refractivity contribution < 1.29 is 0 Å². The van der Waals surface area contributed by atoms with Gasteiger partial charge in [0.05, 0.1) is 0 Å². The lowest BCUT2D eigenvalue weighted by Crippen LogP contribution is -2.23. The van der Waals surface area contributed by atoms with Gasteiger partial charge in [0.25, 0.3) is 0 Å². The Morgan fingerprint density at radius 2 is 1.71 bits per heavy atom. The summed E-state index contributed by atoms with van der Waals surface area (Å²) < 4.78 is 0. The van der Waals surface area contributed by atoms with Crippen LogP contribution in [0.15, 0.2) is 0 Å². The Morgan fingerprint density at radius 1 is 1.10 bits per heavy atom. The first kappa shape index (κ1) is 15.8. The lowest BCUT2D eigenvalue weighted by atomic mass is 9.92. The Hall–Kier alpha value is -1.59. The fourth-order valence-corrected chi connectivity index (χ4v) is 2.33. The second kappa shape index (κ2) is 6.45. The molecule has 0 aliphatic heterocycles. The van der Waals surface area contributed by atoms with E-state index in [-0.39, 0.29) is 0 Å². The summed E-state index contributed by atoms with van der Waals surface area (Å²) in [5.74, 6) is 2.69. The highest BCUT2D eigenvalue weighted by atomic mass is 15.3. The minimum atomic E-state index is 0.432. The molecule has 0 atom stereocenters. The van der Waals surface area contributed by atoms with Crippen LogP contribution < -0.4 is 15.5 Å². The van der Waals surface area contributed by atoms with Crippen LogP contribution in [-0.2, 0) is 0 Å². The molecule has 2 rings (SSSR count). The molecule has 0 spiro atoms. The summed E-state index contributed by atoms with van der Waals surface area (Å²) in [6.07, 6.45) is 3.64. The molecule has 1 aliphatic carbocycles. The van der Waals surface area contributed by atoms with E-state index in [1.54, 1.807) is 0 Å². The lowest BCUT2D eigenvalue weighted by Gasteiger charge is -2.20. The Morgan fingerprint density at radius 3 is 2.19 bits per heavy atom. The zero-order chi connectivity index (χ0) is 15.5. The average molecular weight is 292 g/mol. The molecule has 0 aromatic carbocycles. The van der Waals surface area contributed by atoms with Crippen molar-refractivity contribution >= 4 is 17.8 Å². The maximum atomic E-state index is 4.48. The first-order valence-corrected chi connectivity index (χ1v) is 7.88. The molecule has 0 amide bonds. The molecule has 0 unspecified atom stereocenters. The summed E-state index contributed by atoms with van der Waals surface area (Å²) in [5.41, 5.74) is 0.432. The third kappa shape index (κ3) is 3.95. The molecule has 0 bridgehead atoms. The summed E-state index contributed by atoms with van der Waals surface area (Å²) in [5, 5.41) is 6.65. The van der Waals surface area contributed by atoms with Crippen molar-refractivity contribution in [1.29, 1.82) is 0 Å². The third-order valence-corrected chi connectivity index (χ3v) is 4.27. The normalized spacial score (nSPS) is 15.9. The quantitative estimate of drug-likeness (QED) is 0.768. The summed E-state index contributed by atoms with van der Waals surface area (Å²) in [7, 11) is 3.89. The van der Waals surface area contributed by atoms with Gasteiger partial charge in [0.15, 0.2) is 0 Å². The molecule has 0 saturated heterocycles. The van der Waals surface area contributed by atoms with Crippen LogP contribution in [0.3, 0.4) is 0 Å². The number of aromatic nitrogens is 3. The van der Waals surface area contributed by atoms with Gasteiger partial charge in [0.1, 0.15) is 0 Å². The Kier molecular flexibility index (Phi) is 4.85. The Balaban J connectivity index is 2.08. The van der Waals surface area contributed by atoms with Crippen molar-refractivity contribution in [3.63, 3.8) is 0 Å². The number of anilines is 3. The van der Waals surface area contributed by atoms with Gasteiger partial charge >= 0.3 is 0 Å². The van der Waals surface area contributed by atoms with Crippen LogP contribution in [-0.4, -0.2) is 42.1 Å². The van der Waals surface area contributed by atoms with Crippen molar-refractivity contribution in [1.82, 2.24) is 15.0 Å². The smallest absolute Gasteiger partial charge is 0.231 e. The van der Waals surface area contributed by atoms with Crippen LogP contribution in [0.25, 0.3) is 0 Å². The molecule has 6 heteroatoms. The van der Waals surface area contributed by atoms with Gasteiger partial charge < -0.3 is 15.5 Å². The fourth-order valence-electron chi connectivity index (χ4n) is 2.33. The topological polar surface area (TPSA) is 66.0 Å². The molecule has 2 N–H and O–H groups in total. The van der Waals surface area contributed by atoms with E-state index in [9.17, 15) is 0 Å². The Labute approximate surface area is 127 Å². The Bertz CT molecular complexity index is 467. The van der Waals surface area contributed by atoms with Crippen molar-refractivity contribution in [2.24, 2.45) is 11.3 Å². The van der Waals surface area contributed by atoms with E-state index < -0.39 is 0 Å². The van der Waals surface area contributed by atoms with E-state index in [1.807, 2.05) is 19.0 Å². The van der Waals surface area contributed by atoms with Crippen molar-refractivity contribution in [2.45, 2.75) is 40.0 Å². The predicted octanol–water partition coefficient (Wildman–Crippen LogP) is 2.61. The molecule has 1 heterocycles. The van der Waals surface area contributed by atoms with Gasteiger partial charge in [-0.2, -0.15) is 15.0 Å². The molecule has 1 fully saturated rings. The minimum absolute atomic E-state index is 0.432. The standard InChI is InChI=1S/C15H28N6/c1-6-9-16-12-18-13(20-14(19-12)21(4)5)17-10-15(7-8-15)11(2)3/h11H,6-10H2,1-5H3,(H2,16,17,18,19,20). The molecule has 118 valence electrons. The molecule has 1 aromatic rings. The van der Waals surface area contributed by atoms with Gasteiger partial charge in [-0.1, -0.05) is 20.8 Å². The van der Waals surface area contributed by atoms with Crippen LogP contribution in [0.4, 0.5) is 17.8 Å². The summed E-state index contributed by atoms with van der Waals surface area (Å²) in [6, 6.07) is 0. The lowest BCUT2D eigenvalue weighted by molar-refractivity contribution is 0.379. The minimum Gasteiger partial charge on any atom is -0.354 e. The van der Waals surface area contributed by atoms with Gasteiger partial charge in [0, 0.05) is 27.2 Å². The largest absolute Gasteiger partial charge is 0.354 e. The molecular weight excluding hydrogens is 264 g/mol. The second-order valence-electron chi connectivity index (χ2n) is 6.47. The molecular formula is C15H28N6. The first-order chi connectivity index (χ1) is 9.97. The molecule has 6 nitrogen and oxygen atoms in total. The van der Waals surface area contributed by atoms with Gasteiger partial charge in [-0.05, 0) is 30.6 Å². The highest BCUT2D eigenvalue weighted by Gasteiger charge is 2.45. The van der Waals surface area contributed by atoms with Crippen LogP contribution in [0, 0.1) is 11.3 Å². The molecule has 1 aromatic heterocycles.